The zero-order chi connectivity index (χ0) is 19.2. The summed E-state index contributed by atoms with van der Waals surface area (Å²) in [6.45, 7) is 8.06. The van der Waals surface area contributed by atoms with Gasteiger partial charge in [-0.1, -0.05) is 49.4 Å². The van der Waals surface area contributed by atoms with Gasteiger partial charge in [-0.25, -0.2) is 4.79 Å². The van der Waals surface area contributed by atoms with Crippen molar-refractivity contribution in [3.63, 3.8) is 0 Å². The van der Waals surface area contributed by atoms with Gasteiger partial charge >= 0.3 is 5.97 Å². The lowest BCUT2D eigenvalue weighted by Gasteiger charge is -2.28. The molecule has 0 aliphatic heterocycles. The molecule has 0 radical (unpaired) electrons. The van der Waals surface area contributed by atoms with Gasteiger partial charge in [0.25, 0.3) is 0 Å². The number of benzene rings is 2. The summed E-state index contributed by atoms with van der Waals surface area (Å²) in [5.74, 6) is 0.359. The number of hydrogen-bond donors (Lipinski definition) is 0. The Morgan fingerprint density at radius 2 is 1.81 bits per heavy atom. The maximum atomic E-state index is 12.9. The highest BCUT2D eigenvalue weighted by atomic mass is 16.6. The third-order valence-electron chi connectivity index (χ3n) is 5.75. The van der Waals surface area contributed by atoms with Gasteiger partial charge in [0.05, 0.1) is 0 Å². The van der Waals surface area contributed by atoms with Gasteiger partial charge in [0.2, 0.25) is 0 Å². The van der Waals surface area contributed by atoms with Gasteiger partial charge in [0, 0.05) is 5.57 Å². The largest absolute Gasteiger partial charge is 0.457 e. The van der Waals surface area contributed by atoms with E-state index in [-0.39, 0.29) is 5.97 Å². The molecule has 0 fully saturated rings. The summed E-state index contributed by atoms with van der Waals surface area (Å²) < 4.78 is 5.72. The highest BCUT2D eigenvalue weighted by Crippen LogP contribution is 2.33. The predicted molar refractivity (Wildman–Crippen MR) is 109 cm³/mol. The van der Waals surface area contributed by atoms with Gasteiger partial charge in [-0.3, -0.25) is 0 Å². The minimum atomic E-state index is -0.465. The third-order valence-corrected chi connectivity index (χ3v) is 5.75. The van der Waals surface area contributed by atoms with Crippen molar-refractivity contribution in [2.45, 2.75) is 64.9 Å². The Kier molecular flexibility index (Phi) is 4.46. The maximum Gasteiger partial charge on any atom is 0.335 e. The van der Waals surface area contributed by atoms with Crippen LogP contribution in [0.3, 0.4) is 0 Å². The Morgan fingerprint density at radius 3 is 2.56 bits per heavy atom. The van der Waals surface area contributed by atoms with Crippen LogP contribution in [0.25, 0.3) is 11.6 Å². The number of carbonyl (C=O) groups is 1. The Bertz CT molecular complexity index is 1120. The summed E-state index contributed by atoms with van der Waals surface area (Å²) in [5, 5.41) is 5.07. The van der Waals surface area contributed by atoms with E-state index in [0.29, 0.717) is 5.92 Å². The molecule has 2 aromatic rings. The average molecular weight is 360 g/mol. The molecule has 2 heteroatoms. The molecule has 0 spiro atoms. The summed E-state index contributed by atoms with van der Waals surface area (Å²) in [6, 6.07) is 13.0. The summed E-state index contributed by atoms with van der Waals surface area (Å²) in [4.78, 5) is 12.9. The number of carbonyl (C=O) groups excluding carboxylic acids is 1. The molecule has 2 aliphatic rings. The van der Waals surface area contributed by atoms with E-state index in [2.05, 4.69) is 49.4 Å². The highest BCUT2D eigenvalue weighted by Gasteiger charge is 2.28. The van der Waals surface area contributed by atoms with Crippen LogP contribution in [0, 0.1) is 10.4 Å². The quantitative estimate of drug-likeness (QED) is 0.754. The molecule has 2 nitrogen and oxygen atoms in total. The normalized spacial score (nSPS) is 18.1. The van der Waals surface area contributed by atoms with E-state index in [4.69, 9.17) is 4.74 Å². The molecular formula is C25H28O2. The molecule has 0 N–H and O–H groups in total. The summed E-state index contributed by atoms with van der Waals surface area (Å²) in [7, 11) is 0. The van der Waals surface area contributed by atoms with Gasteiger partial charge in [-0.15, -0.1) is 0 Å². The zero-order valence-corrected chi connectivity index (χ0v) is 16.8. The molecule has 140 valence electrons. The third kappa shape index (κ3) is 3.22. The lowest BCUT2D eigenvalue weighted by molar-refractivity contribution is -0.147. The molecule has 2 aromatic carbocycles. The molecule has 0 amide bonds. The van der Waals surface area contributed by atoms with E-state index in [1.807, 2.05) is 20.8 Å². The van der Waals surface area contributed by atoms with Gasteiger partial charge in [-0.05, 0) is 84.4 Å². The summed E-state index contributed by atoms with van der Waals surface area (Å²) in [5.41, 5.74) is 3.17. The van der Waals surface area contributed by atoms with E-state index in [1.165, 1.54) is 26.8 Å². The lowest BCUT2D eigenvalue weighted by atomic mass is 9.78. The second-order valence-electron chi connectivity index (χ2n) is 8.67. The van der Waals surface area contributed by atoms with E-state index < -0.39 is 5.60 Å². The van der Waals surface area contributed by atoms with E-state index in [9.17, 15) is 4.79 Å². The molecule has 4 rings (SSSR count). The molecule has 0 aromatic heterocycles. The predicted octanol–water partition coefficient (Wildman–Crippen LogP) is 4.09. The van der Waals surface area contributed by atoms with Crippen LogP contribution in [-0.4, -0.2) is 11.6 Å². The van der Waals surface area contributed by atoms with Crippen molar-refractivity contribution in [2.24, 2.45) is 0 Å². The standard InChI is InChI=1S/C25H28O2/c1-5-16-10-13-22(24(26)27-25(2,3)4)21-15-14-19-18-9-7-6-8-17(18)11-12-20(19)23(16)21/h6-9,11,14-16H,5,10,12-13H2,1-4H3. The van der Waals surface area contributed by atoms with E-state index >= 15 is 0 Å². The van der Waals surface area contributed by atoms with Crippen molar-refractivity contribution in [3.8, 4) is 0 Å². The number of esters is 1. The topological polar surface area (TPSA) is 26.3 Å². The van der Waals surface area contributed by atoms with Gasteiger partial charge in [0.1, 0.15) is 5.60 Å². The van der Waals surface area contributed by atoms with Crippen LogP contribution < -0.4 is 10.4 Å². The van der Waals surface area contributed by atoms with Crippen LogP contribution in [0.15, 0.2) is 36.4 Å². The molecular weight excluding hydrogens is 332 g/mol. The van der Waals surface area contributed by atoms with E-state index in [0.717, 1.165) is 36.5 Å². The van der Waals surface area contributed by atoms with E-state index in [1.54, 1.807) is 0 Å². The minimum absolute atomic E-state index is 0.154. The molecule has 0 saturated carbocycles. The van der Waals surface area contributed by atoms with Crippen molar-refractivity contribution in [2.75, 3.05) is 0 Å². The molecule has 2 aliphatic carbocycles. The van der Waals surface area contributed by atoms with Gasteiger partial charge in [0.15, 0.2) is 0 Å². The Morgan fingerprint density at radius 1 is 1.07 bits per heavy atom. The van der Waals surface area contributed by atoms with Crippen LogP contribution in [0.5, 0.6) is 0 Å². The average Bonchev–Trinajstić information content (AvgIpc) is 2.65. The summed E-state index contributed by atoms with van der Waals surface area (Å²) in [6.07, 6.45) is 6.20. The van der Waals surface area contributed by atoms with Crippen molar-refractivity contribution in [3.05, 3.63) is 68.4 Å². The van der Waals surface area contributed by atoms with Crippen LogP contribution in [0.4, 0.5) is 0 Å². The molecule has 0 bridgehead atoms. The molecule has 0 heterocycles. The maximum absolute atomic E-state index is 12.9. The fraction of sp³-hybridized carbons (Fsp3) is 0.400. The zero-order valence-electron chi connectivity index (χ0n) is 16.8. The van der Waals surface area contributed by atoms with Crippen LogP contribution >= 0.6 is 0 Å². The first-order chi connectivity index (χ1) is 12.9. The number of rotatable bonds is 2. The second-order valence-corrected chi connectivity index (χ2v) is 8.67. The fourth-order valence-electron chi connectivity index (χ4n) is 4.56. The van der Waals surface area contributed by atoms with Crippen molar-refractivity contribution in [1.29, 1.82) is 0 Å². The Hall–Kier alpha value is -2.35. The van der Waals surface area contributed by atoms with Crippen molar-refractivity contribution in [1.82, 2.24) is 0 Å². The Balaban J connectivity index is 2.03. The van der Waals surface area contributed by atoms with Gasteiger partial charge < -0.3 is 4.74 Å². The Labute approximate surface area is 160 Å². The first-order valence-electron chi connectivity index (χ1n) is 10.1. The van der Waals surface area contributed by atoms with Crippen LogP contribution in [-0.2, 0) is 16.0 Å². The van der Waals surface area contributed by atoms with Crippen molar-refractivity contribution < 1.29 is 9.53 Å². The molecule has 1 unspecified atom stereocenters. The first-order valence-corrected chi connectivity index (χ1v) is 10.1. The lowest BCUT2D eigenvalue weighted by Crippen LogP contribution is -2.32. The molecule has 27 heavy (non-hydrogen) atoms. The smallest absolute Gasteiger partial charge is 0.335 e. The first kappa shape index (κ1) is 18.0. The second kappa shape index (κ2) is 6.67. The van der Waals surface area contributed by atoms with Gasteiger partial charge in [-0.2, -0.15) is 0 Å². The molecule has 0 saturated heterocycles. The fourth-order valence-corrected chi connectivity index (χ4v) is 4.56. The SMILES string of the molecule is CCC1CCC(C(=O)OC(C)(C)C)=c2ccc3c(c21)CC=c1ccccc1=3. The monoisotopic (exact) mass is 360 g/mol. The summed E-state index contributed by atoms with van der Waals surface area (Å²) >= 11 is 0. The van der Waals surface area contributed by atoms with Crippen molar-refractivity contribution >= 4 is 17.6 Å². The number of hydrogen-bond acceptors (Lipinski definition) is 2. The van der Waals surface area contributed by atoms with Crippen LogP contribution in [0.1, 0.15) is 64.0 Å². The number of fused-ring (bicyclic) bond motifs is 4. The molecule has 1 atom stereocenters. The van der Waals surface area contributed by atoms with Crippen LogP contribution in [0.2, 0.25) is 0 Å². The number of ether oxygens (including phenoxy) is 1. The minimum Gasteiger partial charge on any atom is -0.457 e. The highest BCUT2D eigenvalue weighted by molar-refractivity contribution is 6.10.